The van der Waals surface area contributed by atoms with Gasteiger partial charge in [0.05, 0.1) is 4.90 Å². The number of carbonyl (C=O) groups excluding carboxylic acids is 1. The van der Waals surface area contributed by atoms with Crippen LogP contribution < -0.4 is 10.1 Å². The van der Waals surface area contributed by atoms with E-state index in [1.165, 1.54) is 5.56 Å². The zero-order valence-electron chi connectivity index (χ0n) is 20.4. The van der Waals surface area contributed by atoms with Crippen molar-refractivity contribution in [3.63, 3.8) is 0 Å². The van der Waals surface area contributed by atoms with Crippen LogP contribution in [0, 0.1) is 0 Å². The lowest BCUT2D eigenvalue weighted by molar-refractivity contribution is -0.123. The lowest BCUT2D eigenvalue weighted by Crippen LogP contribution is -2.34. The molecular weight excluding hydrogens is 380 g/mol. The Morgan fingerprint density at radius 3 is 2.03 bits per heavy atom. The second-order valence-corrected chi connectivity index (χ2v) is 12.9. The third-order valence-electron chi connectivity index (χ3n) is 4.37. The summed E-state index contributed by atoms with van der Waals surface area (Å²) in [6.07, 6.45) is 0. The number of benzene rings is 1. The van der Waals surface area contributed by atoms with Crippen LogP contribution in [0.15, 0.2) is 17.0 Å². The molecule has 0 aliphatic carbocycles. The predicted octanol–water partition coefficient (Wildman–Crippen LogP) is 5.23. The van der Waals surface area contributed by atoms with E-state index in [1.807, 2.05) is 19.0 Å². The van der Waals surface area contributed by atoms with Gasteiger partial charge in [-0.25, -0.2) is 0 Å². The number of carbonyl (C=O) groups is 1. The Balaban J connectivity index is 3.28. The summed E-state index contributed by atoms with van der Waals surface area (Å²) < 4.78 is 6.22. The number of thioether (sulfide) groups is 1. The summed E-state index contributed by atoms with van der Waals surface area (Å²) in [5, 5.41) is 2.93. The fourth-order valence-electron chi connectivity index (χ4n) is 2.75. The Morgan fingerprint density at radius 1 is 1.00 bits per heavy atom. The molecule has 0 aliphatic rings. The van der Waals surface area contributed by atoms with Crippen molar-refractivity contribution < 1.29 is 9.53 Å². The maximum Gasteiger partial charge on any atom is 0.257 e. The molecule has 0 unspecified atom stereocenters. The molecule has 1 aromatic carbocycles. The molecule has 0 aromatic heterocycles. The van der Waals surface area contributed by atoms with Crippen LogP contribution in [0.4, 0.5) is 0 Å². The molecule has 1 amide bonds. The lowest BCUT2D eigenvalue weighted by atomic mass is 9.80. The Morgan fingerprint density at radius 2 is 1.59 bits per heavy atom. The highest BCUT2D eigenvalue weighted by Crippen LogP contribution is 2.45. The highest BCUT2D eigenvalue weighted by Gasteiger charge is 2.28. The van der Waals surface area contributed by atoms with Gasteiger partial charge in [-0.3, -0.25) is 4.79 Å². The third-order valence-corrected chi connectivity index (χ3v) is 5.51. The average Bonchev–Trinajstić information content (AvgIpc) is 2.49. The minimum atomic E-state index is -0.0921. The number of nitrogens with one attached hydrogen (secondary N) is 1. The normalized spacial score (nSPS) is 13.0. The largest absolute Gasteiger partial charge is 0.482 e. The maximum absolute atomic E-state index is 12.3. The molecule has 5 heteroatoms. The molecule has 166 valence electrons. The Hall–Kier alpha value is -1.20. The fourth-order valence-corrected chi connectivity index (χ4v) is 3.86. The van der Waals surface area contributed by atoms with Gasteiger partial charge in [0.1, 0.15) is 5.75 Å². The van der Waals surface area contributed by atoms with Crippen molar-refractivity contribution in [3.8, 4) is 5.75 Å². The smallest absolute Gasteiger partial charge is 0.257 e. The second-order valence-electron chi connectivity index (χ2n) is 11.0. The Bertz CT molecular complexity index is 693. The summed E-state index contributed by atoms with van der Waals surface area (Å²) in [6.45, 7) is 21.4. The standard InChI is InChI=1S/C24H42N2O2S/c1-22(2,3)17-14-18(23(4,5)6)21(19(15-17)29-24(7,8)9)28-16-20(27)25-12-13-26(10)11/h14-15H,12-13,16H2,1-11H3,(H,25,27). The van der Waals surface area contributed by atoms with E-state index in [2.05, 4.69) is 79.8 Å². The van der Waals surface area contributed by atoms with Crippen molar-refractivity contribution in [3.05, 3.63) is 23.3 Å². The third kappa shape index (κ3) is 9.00. The number of nitrogens with zero attached hydrogens (tertiary/aromatic N) is 1. The van der Waals surface area contributed by atoms with Crippen LogP contribution >= 0.6 is 11.8 Å². The van der Waals surface area contributed by atoms with E-state index in [4.69, 9.17) is 4.74 Å². The first kappa shape index (κ1) is 25.8. The van der Waals surface area contributed by atoms with Crippen molar-refractivity contribution in [2.45, 2.75) is 82.8 Å². The van der Waals surface area contributed by atoms with Crippen LogP contribution in [0.5, 0.6) is 5.75 Å². The first-order valence-corrected chi connectivity index (χ1v) is 11.2. The quantitative estimate of drug-likeness (QED) is 0.611. The van der Waals surface area contributed by atoms with Gasteiger partial charge in [-0.1, -0.05) is 68.4 Å². The molecule has 1 N–H and O–H groups in total. The minimum absolute atomic E-state index is 0.0308. The second kappa shape index (κ2) is 9.74. The van der Waals surface area contributed by atoms with Gasteiger partial charge in [0.2, 0.25) is 0 Å². The molecule has 0 aliphatic heterocycles. The molecule has 0 saturated carbocycles. The molecular formula is C24H42N2O2S. The SMILES string of the molecule is CN(C)CCNC(=O)COc1c(SC(C)(C)C)cc(C(C)(C)C)cc1C(C)(C)C. The zero-order valence-corrected chi connectivity index (χ0v) is 21.3. The minimum Gasteiger partial charge on any atom is -0.482 e. The summed E-state index contributed by atoms with van der Waals surface area (Å²) in [5.74, 6) is 0.756. The monoisotopic (exact) mass is 422 g/mol. The number of amides is 1. The fraction of sp³-hybridized carbons (Fsp3) is 0.708. The number of hydrogen-bond acceptors (Lipinski definition) is 4. The molecule has 4 nitrogen and oxygen atoms in total. The van der Waals surface area contributed by atoms with Crippen molar-refractivity contribution in [2.75, 3.05) is 33.8 Å². The first-order chi connectivity index (χ1) is 13.0. The van der Waals surface area contributed by atoms with Crippen LogP contribution in [0.2, 0.25) is 0 Å². The topological polar surface area (TPSA) is 41.6 Å². The number of rotatable bonds is 7. The van der Waals surface area contributed by atoms with Crippen LogP contribution in [-0.4, -0.2) is 49.3 Å². The van der Waals surface area contributed by atoms with Crippen LogP contribution in [0.1, 0.15) is 73.4 Å². The van der Waals surface area contributed by atoms with Gasteiger partial charge in [0.15, 0.2) is 6.61 Å². The molecule has 1 rings (SSSR count). The summed E-state index contributed by atoms with van der Waals surface area (Å²) in [5.41, 5.74) is 2.38. The van der Waals surface area contributed by atoms with Crippen molar-refractivity contribution in [1.82, 2.24) is 10.2 Å². The molecule has 0 heterocycles. The van der Waals surface area contributed by atoms with Gasteiger partial charge in [0, 0.05) is 23.4 Å². The van der Waals surface area contributed by atoms with Gasteiger partial charge in [-0.15, -0.1) is 11.8 Å². The predicted molar refractivity (Wildman–Crippen MR) is 127 cm³/mol. The molecule has 0 fully saturated rings. The van der Waals surface area contributed by atoms with Gasteiger partial charge in [0.25, 0.3) is 5.91 Å². The molecule has 0 radical (unpaired) electrons. The maximum atomic E-state index is 12.3. The number of likely N-dealkylation sites (N-methyl/N-ethyl adjacent to an activating group) is 1. The van der Waals surface area contributed by atoms with E-state index >= 15 is 0 Å². The molecule has 0 spiro atoms. The number of hydrogen-bond donors (Lipinski definition) is 1. The van der Waals surface area contributed by atoms with Crippen LogP contribution in [0.25, 0.3) is 0 Å². The first-order valence-electron chi connectivity index (χ1n) is 10.4. The molecule has 0 saturated heterocycles. The molecule has 0 atom stereocenters. The van der Waals surface area contributed by atoms with E-state index in [1.54, 1.807) is 11.8 Å². The van der Waals surface area contributed by atoms with Gasteiger partial charge < -0.3 is 15.0 Å². The van der Waals surface area contributed by atoms with Crippen molar-refractivity contribution in [1.29, 1.82) is 0 Å². The van der Waals surface area contributed by atoms with Gasteiger partial charge in [-0.2, -0.15) is 0 Å². The van der Waals surface area contributed by atoms with Crippen LogP contribution in [0.3, 0.4) is 0 Å². The lowest BCUT2D eigenvalue weighted by Gasteiger charge is -2.30. The zero-order chi connectivity index (χ0) is 22.6. The van der Waals surface area contributed by atoms with E-state index < -0.39 is 0 Å². The van der Waals surface area contributed by atoms with E-state index in [9.17, 15) is 4.79 Å². The Kier molecular flexibility index (Phi) is 8.68. The van der Waals surface area contributed by atoms with E-state index in [0.717, 1.165) is 22.8 Å². The van der Waals surface area contributed by atoms with Crippen LogP contribution in [-0.2, 0) is 15.6 Å². The highest BCUT2D eigenvalue weighted by atomic mass is 32.2. The highest BCUT2D eigenvalue weighted by molar-refractivity contribution is 8.00. The molecule has 1 aromatic rings. The van der Waals surface area contributed by atoms with E-state index in [-0.39, 0.29) is 28.1 Å². The number of ether oxygens (including phenoxy) is 1. The summed E-state index contributed by atoms with van der Waals surface area (Å²) in [4.78, 5) is 15.5. The van der Waals surface area contributed by atoms with Gasteiger partial charge in [-0.05, 0) is 36.6 Å². The van der Waals surface area contributed by atoms with Crippen molar-refractivity contribution in [2.24, 2.45) is 0 Å². The summed E-state index contributed by atoms with van der Waals surface area (Å²) >= 11 is 1.80. The van der Waals surface area contributed by atoms with Gasteiger partial charge >= 0.3 is 0 Å². The Labute approximate surface area is 183 Å². The summed E-state index contributed by atoms with van der Waals surface area (Å²) in [7, 11) is 3.98. The van der Waals surface area contributed by atoms with Crippen molar-refractivity contribution >= 4 is 17.7 Å². The summed E-state index contributed by atoms with van der Waals surface area (Å²) in [6, 6.07) is 4.50. The molecule has 0 bridgehead atoms. The van der Waals surface area contributed by atoms with E-state index in [0.29, 0.717) is 6.54 Å². The average molecular weight is 423 g/mol. The molecule has 29 heavy (non-hydrogen) atoms.